The second kappa shape index (κ2) is 8.31. The molecule has 2 aromatic rings. The third-order valence-electron chi connectivity index (χ3n) is 3.22. The standard InChI is InChI=1S/C15H16Cl2N2O3S2/c1-2-19(10-15(20)18-9-12-4-3-7-23-12)24(21,22)14-8-11(16)5-6-13(14)17/h3-8H,2,9-10H2,1H3,(H,18,20). The first-order valence-corrected chi connectivity index (χ1v) is 10.2. The number of hydrogen-bond acceptors (Lipinski definition) is 4. The molecule has 0 bridgehead atoms. The Morgan fingerprint density at radius 1 is 1.29 bits per heavy atom. The molecule has 0 unspecified atom stereocenters. The van der Waals surface area contributed by atoms with Crippen LogP contribution in [0, 0.1) is 0 Å². The molecule has 0 radical (unpaired) electrons. The monoisotopic (exact) mass is 406 g/mol. The van der Waals surface area contributed by atoms with Crippen molar-refractivity contribution >= 4 is 50.5 Å². The van der Waals surface area contributed by atoms with E-state index in [-0.39, 0.29) is 33.9 Å². The Balaban J connectivity index is 2.11. The van der Waals surface area contributed by atoms with Crippen molar-refractivity contribution in [2.75, 3.05) is 13.1 Å². The number of rotatable bonds is 7. The first-order valence-electron chi connectivity index (χ1n) is 7.09. The van der Waals surface area contributed by atoms with Gasteiger partial charge in [-0.2, -0.15) is 4.31 Å². The van der Waals surface area contributed by atoms with Crippen LogP contribution in [0.1, 0.15) is 11.8 Å². The van der Waals surface area contributed by atoms with Gasteiger partial charge >= 0.3 is 0 Å². The predicted molar refractivity (Wildman–Crippen MR) is 97.1 cm³/mol. The Labute approximate surface area is 155 Å². The molecule has 1 aromatic carbocycles. The molecule has 130 valence electrons. The Bertz CT molecular complexity index is 808. The minimum Gasteiger partial charge on any atom is -0.350 e. The molecule has 0 aliphatic heterocycles. The third kappa shape index (κ3) is 4.70. The van der Waals surface area contributed by atoms with E-state index in [0.29, 0.717) is 6.54 Å². The highest BCUT2D eigenvalue weighted by Crippen LogP contribution is 2.27. The lowest BCUT2D eigenvalue weighted by atomic mass is 10.4. The number of sulfonamides is 1. The molecule has 1 heterocycles. The summed E-state index contributed by atoms with van der Waals surface area (Å²) in [5.74, 6) is -0.382. The van der Waals surface area contributed by atoms with Gasteiger partial charge in [0.2, 0.25) is 15.9 Å². The van der Waals surface area contributed by atoms with E-state index < -0.39 is 10.0 Å². The Morgan fingerprint density at radius 2 is 2.04 bits per heavy atom. The van der Waals surface area contributed by atoms with E-state index in [4.69, 9.17) is 23.2 Å². The first-order chi connectivity index (χ1) is 11.3. The lowest BCUT2D eigenvalue weighted by Gasteiger charge is -2.20. The smallest absolute Gasteiger partial charge is 0.245 e. The second-order valence-corrected chi connectivity index (χ2v) is 8.64. The highest BCUT2D eigenvalue weighted by atomic mass is 35.5. The van der Waals surface area contributed by atoms with Crippen molar-refractivity contribution in [2.45, 2.75) is 18.4 Å². The number of carbonyl (C=O) groups is 1. The normalized spacial score (nSPS) is 11.7. The van der Waals surface area contributed by atoms with Crippen LogP contribution in [-0.2, 0) is 21.4 Å². The fraction of sp³-hybridized carbons (Fsp3) is 0.267. The molecule has 1 N–H and O–H groups in total. The maximum atomic E-state index is 12.7. The van der Waals surface area contributed by atoms with Crippen molar-refractivity contribution in [1.82, 2.24) is 9.62 Å². The minimum atomic E-state index is -3.91. The average molecular weight is 407 g/mol. The van der Waals surface area contributed by atoms with E-state index in [1.165, 1.54) is 29.5 Å². The van der Waals surface area contributed by atoms with Gasteiger partial charge in [0.1, 0.15) is 4.90 Å². The molecule has 0 atom stereocenters. The lowest BCUT2D eigenvalue weighted by molar-refractivity contribution is -0.121. The number of amides is 1. The number of carbonyl (C=O) groups excluding carboxylic acids is 1. The number of hydrogen-bond donors (Lipinski definition) is 1. The van der Waals surface area contributed by atoms with Crippen LogP contribution < -0.4 is 5.32 Å². The van der Waals surface area contributed by atoms with Crippen LogP contribution in [0.5, 0.6) is 0 Å². The van der Waals surface area contributed by atoms with Crippen molar-refractivity contribution in [3.05, 3.63) is 50.6 Å². The van der Waals surface area contributed by atoms with Crippen LogP contribution in [0.3, 0.4) is 0 Å². The Hall–Kier alpha value is -1.12. The molecule has 0 aliphatic carbocycles. The number of likely N-dealkylation sites (N-methyl/N-ethyl adjacent to an activating group) is 1. The van der Waals surface area contributed by atoms with Gasteiger partial charge in [-0.15, -0.1) is 11.3 Å². The van der Waals surface area contributed by atoms with Crippen LogP contribution >= 0.6 is 34.5 Å². The molecule has 0 saturated heterocycles. The maximum Gasteiger partial charge on any atom is 0.245 e. The molecule has 0 spiro atoms. The summed E-state index contributed by atoms with van der Waals surface area (Å²) in [7, 11) is -3.91. The molecule has 5 nitrogen and oxygen atoms in total. The molecule has 9 heteroatoms. The highest BCUT2D eigenvalue weighted by molar-refractivity contribution is 7.89. The maximum absolute atomic E-state index is 12.7. The van der Waals surface area contributed by atoms with Gasteiger partial charge in [-0.25, -0.2) is 8.42 Å². The molecule has 24 heavy (non-hydrogen) atoms. The highest BCUT2D eigenvalue weighted by Gasteiger charge is 2.27. The van der Waals surface area contributed by atoms with Gasteiger partial charge in [0.05, 0.1) is 18.1 Å². The Morgan fingerprint density at radius 3 is 2.67 bits per heavy atom. The van der Waals surface area contributed by atoms with Crippen LogP contribution in [0.2, 0.25) is 10.0 Å². The largest absolute Gasteiger partial charge is 0.350 e. The van der Waals surface area contributed by atoms with Crippen molar-refractivity contribution in [3.8, 4) is 0 Å². The molecule has 0 saturated carbocycles. The molecule has 0 fully saturated rings. The van der Waals surface area contributed by atoms with E-state index >= 15 is 0 Å². The number of nitrogens with one attached hydrogen (secondary N) is 1. The van der Waals surface area contributed by atoms with Gasteiger partial charge in [0, 0.05) is 16.4 Å². The number of halogens is 2. The lowest BCUT2D eigenvalue weighted by Crippen LogP contribution is -2.40. The number of thiophene rings is 1. The number of nitrogens with zero attached hydrogens (tertiary/aromatic N) is 1. The average Bonchev–Trinajstić information content (AvgIpc) is 3.06. The van der Waals surface area contributed by atoms with Gasteiger partial charge in [-0.3, -0.25) is 4.79 Å². The fourth-order valence-electron chi connectivity index (χ4n) is 2.00. The second-order valence-electron chi connectivity index (χ2n) is 4.86. The van der Waals surface area contributed by atoms with Crippen LogP contribution in [0.4, 0.5) is 0 Å². The summed E-state index contributed by atoms with van der Waals surface area (Å²) in [6.07, 6.45) is 0. The van der Waals surface area contributed by atoms with E-state index in [0.717, 1.165) is 9.18 Å². The van der Waals surface area contributed by atoms with E-state index in [1.807, 2.05) is 17.5 Å². The van der Waals surface area contributed by atoms with Gasteiger partial charge < -0.3 is 5.32 Å². The van der Waals surface area contributed by atoms with Gasteiger partial charge in [-0.1, -0.05) is 36.2 Å². The number of benzene rings is 1. The summed E-state index contributed by atoms with van der Waals surface area (Å²) in [6.45, 7) is 1.87. The van der Waals surface area contributed by atoms with E-state index in [9.17, 15) is 13.2 Å². The van der Waals surface area contributed by atoms with Crippen LogP contribution in [0.15, 0.2) is 40.6 Å². The fourth-order valence-corrected chi connectivity index (χ4v) is 4.78. The molecular formula is C15H16Cl2N2O3S2. The van der Waals surface area contributed by atoms with E-state index in [2.05, 4.69) is 5.32 Å². The summed E-state index contributed by atoms with van der Waals surface area (Å²) in [4.78, 5) is 13.0. The quantitative estimate of drug-likeness (QED) is 0.765. The molecular weight excluding hydrogens is 391 g/mol. The van der Waals surface area contributed by atoms with Crippen LogP contribution in [0.25, 0.3) is 0 Å². The molecule has 2 rings (SSSR count). The zero-order valence-electron chi connectivity index (χ0n) is 12.8. The third-order valence-corrected chi connectivity index (χ3v) is 6.74. The van der Waals surface area contributed by atoms with Crippen LogP contribution in [-0.4, -0.2) is 31.7 Å². The summed E-state index contributed by atoms with van der Waals surface area (Å²) < 4.78 is 26.5. The van der Waals surface area contributed by atoms with Crippen molar-refractivity contribution < 1.29 is 13.2 Å². The Kier molecular flexibility index (Phi) is 6.65. The molecule has 0 aliphatic rings. The van der Waals surface area contributed by atoms with E-state index in [1.54, 1.807) is 6.92 Å². The molecule has 1 aromatic heterocycles. The summed E-state index contributed by atoms with van der Waals surface area (Å²) in [5, 5.41) is 4.94. The SMILES string of the molecule is CCN(CC(=O)NCc1cccs1)S(=O)(=O)c1cc(Cl)ccc1Cl. The van der Waals surface area contributed by atoms with Crippen molar-refractivity contribution in [2.24, 2.45) is 0 Å². The molecule has 1 amide bonds. The minimum absolute atomic E-state index is 0.0665. The summed E-state index contributed by atoms with van der Waals surface area (Å²) in [6, 6.07) is 7.99. The zero-order valence-corrected chi connectivity index (χ0v) is 16.0. The van der Waals surface area contributed by atoms with Gasteiger partial charge in [0.15, 0.2) is 0 Å². The van der Waals surface area contributed by atoms with Gasteiger partial charge in [0.25, 0.3) is 0 Å². The topological polar surface area (TPSA) is 66.5 Å². The van der Waals surface area contributed by atoms with Crippen molar-refractivity contribution in [3.63, 3.8) is 0 Å². The predicted octanol–water partition coefficient (Wildman–Crippen LogP) is 3.38. The zero-order chi connectivity index (χ0) is 17.7. The summed E-state index contributed by atoms with van der Waals surface area (Å²) >= 11 is 13.4. The van der Waals surface area contributed by atoms with Gasteiger partial charge in [-0.05, 0) is 29.6 Å². The summed E-state index contributed by atoms with van der Waals surface area (Å²) in [5.41, 5.74) is 0. The van der Waals surface area contributed by atoms with Crippen molar-refractivity contribution in [1.29, 1.82) is 0 Å². The first kappa shape index (κ1) is 19.2.